The predicted molar refractivity (Wildman–Crippen MR) is 289 cm³/mol. The smallest absolute Gasteiger partial charge is 0.463 e. The molecular weight excluding hydrogens is 979 g/mol. The number of hydrogen-bond donors (Lipinski definition) is 4. The molecule has 0 fully saturated rings. The average molecular weight is 1090 g/mol. The summed E-state index contributed by atoms with van der Waals surface area (Å²) in [7, 11) is -9.72. The van der Waals surface area contributed by atoms with Gasteiger partial charge in [-0.2, -0.15) is 0 Å². The van der Waals surface area contributed by atoms with Gasteiger partial charge in [0.25, 0.3) is 0 Å². The summed E-state index contributed by atoms with van der Waals surface area (Å²) in [5.41, 5.74) is 0. The summed E-state index contributed by atoms with van der Waals surface area (Å²) in [6, 6.07) is 0. The van der Waals surface area contributed by atoms with Crippen molar-refractivity contribution in [2.75, 3.05) is 39.6 Å². The first kappa shape index (κ1) is 71.5. The third kappa shape index (κ3) is 52.4. The van der Waals surface area contributed by atoms with Gasteiger partial charge in [0.15, 0.2) is 6.10 Å². The largest absolute Gasteiger partial charge is 0.472 e. The van der Waals surface area contributed by atoms with E-state index in [-0.39, 0.29) is 19.3 Å². The van der Waals surface area contributed by atoms with Crippen molar-refractivity contribution >= 4 is 33.6 Å². The van der Waals surface area contributed by atoms with Gasteiger partial charge in [0.1, 0.15) is 25.4 Å². The van der Waals surface area contributed by atoms with Crippen LogP contribution in [0.1, 0.15) is 278 Å². The molecule has 0 saturated heterocycles. The van der Waals surface area contributed by atoms with Crippen LogP contribution < -0.4 is 0 Å². The molecule has 434 valence electrons. The first-order valence-corrected chi connectivity index (χ1v) is 32.3. The minimum Gasteiger partial charge on any atom is -0.463 e. The molecule has 0 heterocycles. The molecule has 0 bridgehead atoms. The fourth-order valence-electron chi connectivity index (χ4n) is 8.28. The molecule has 0 aliphatic heterocycles. The topological polar surface area (TPSA) is 231 Å². The molecule has 73 heavy (non-hydrogen) atoms. The normalized spacial score (nSPS) is 14.6. The quantitative estimate of drug-likeness (QED) is 0.0192. The van der Waals surface area contributed by atoms with Crippen LogP contribution in [0.15, 0.2) is 0 Å². The second-order valence-electron chi connectivity index (χ2n) is 20.2. The number of carbonyl (C=O) groups excluding carboxylic acids is 3. The lowest BCUT2D eigenvalue weighted by atomic mass is 10.0. The number of aliphatic hydroxyl groups excluding tert-OH is 2. The van der Waals surface area contributed by atoms with Gasteiger partial charge in [-0.3, -0.25) is 32.5 Å². The highest BCUT2D eigenvalue weighted by atomic mass is 31.2. The van der Waals surface area contributed by atoms with E-state index in [2.05, 4.69) is 20.8 Å². The Morgan fingerprint density at radius 3 is 0.863 bits per heavy atom. The number of hydrogen-bond acceptors (Lipinski definition) is 14. The van der Waals surface area contributed by atoms with Gasteiger partial charge in [-0.25, -0.2) is 9.13 Å². The van der Waals surface area contributed by atoms with E-state index in [1.807, 2.05) is 0 Å². The molecule has 0 aliphatic rings. The van der Waals surface area contributed by atoms with Crippen molar-refractivity contribution in [2.45, 2.75) is 296 Å². The maximum atomic E-state index is 12.8. The van der Waals surface area contributed by atoms with Crippen LogP contribution in [0.4, 0.5) is 0 Å². The Morgan fingerprint density at radius 1 is 0.329 bits per heavy atom. The minimum atomic E-state index is -4.90. The minimum absolute atomic E-state index is 0.115. The lowest BCUT2D eigenvalue weighted by Gasteiger charge is -2.21. The van der Waals surface area contributed by atoms with E-state index in [1.165, 1.54) is 154 Å². The monoisotopic (exact) mass is 1090 g/mol. The van der Waals surface area contributed by atoms with Gasteiger partial charge in [-0.05, 0) is 19.3 Å². The molecule has 18 heteroatoms. The molecule has 4 N–H and O–H groups in total. The number of rotatable bonds is 57. The van der Waals surface area contributed by atoms with Crippen molar-refractivity contribution < 1.29 is 75.8 Å². The summed E-state index contributed by atoms with van der Waals surface area (Å²) in [4.78, 5) is 57.9. The van der Waals surface area contributed by atoms with Crippen LogP contribution >= 0.6 is 15.6 Å². The zero-order chi connectivity index (χ0) is 53.9. The molecular formula is C55H108O16P2. The van der Waals surface area contributed by atoms with Gasteiger partial charge < -0.3 is 34.2 Å². The molecule has 0 amide bonds. The van der Waals surface area contributed by atoms with Crippen molar-refractivity contribution in [3.8, 4) is 0 Å². The van der Waals surface area contributed by atoms with Crippen LogP contribution in [0, 0.1) is 0 Å². The summed E-state index contributed by atoms with van der Waals surface area (Å²) < 4.78 is 60.5. The second kappa shape index (κ2) is 51.3. The maximum absolute atomic E-state index is 12.8. The lowest BCUT2D eigenvalue weighted by Crippen LogP contribution is -2.30. The van der Waals surface area contributed by atoms with E-state index >= 15 is 0 Å². The van der Waals surface area contributed by atoms with Crippen molar-refractivity contribution in [1.29, 1.82) is 0 Å². The highest BCUT2D eigenvalue weighted by Gasteiger charge is 2.29. The molecule has 0 radical (unpaired) electrons. The predicted octanol–water partition coefficient (Wildman–Crippen LogP) is 14.6. The van der Waals surface area contributed by atoms with Crippen molar-refractivity contribution in [1.82, 2.24) is 0 Å². The Morgan fingerprint density at radius 2 is 0.562 bits per heavy atom. The van der Waals surface area contributed by atoms with Crippen molar-refractivity contribution in [3.05, 3.63) is 0 Å². The first-order chi connectivity index (χ1) is 35.2. The van der Waals surface area contributed by atoms with Gasteiger partial charge in [0, 0.05) is 19.3 Å². The van der Waals surface area contributed by atoms with Gasteiger partial charge in [-0.15, -0.1) is 0 Å². The lowest BCUT2D eigenvalue weighted by molar-refractivity contribution is -0.161. The zero-order valence-electron chi connectivity index (χ0n) is 46.3. The number of carbonyl (C=O) groups is 3. The van der Waals surface area contributed by atoms with Gasteiger partial charge in [-0.1, -0.05) is 239 Å². The van der Waals surface area contributed by atoms with Crippen molar-refractivity contribution in [2.24, 2.45) is 0 Å². The van der Waals surface area contributed by atoms with Crippen LogP contribution in [-0.4, -0.2) is 95.9 Å². The summed E-state index contributed by atoms with van der Waals surface area (Å²) in [6.45, 7) is 2.68. The molecule has 16 nitrogen and oxygen atoms in total. The Hall–Kier alpha value is -1.45. The van der Waals surface area contributed by atoms with Crippen LogP contribution in [-0.2, 0) is 55.8 Å². The van der Waals surface area contributed by atoms with E-state index < -0.39 is 91.5 Å². The molecule has 0 aromatic carbocycles. The summed E-state index contributed by atoms with van der Waals surface area (Å²) >= 11 is 0. The number of phosphoric acid groups is 2. The summed E-state index contributed by atoms with van der Waals surface area (Å²) in [6.07, 6.45) is 38.9. The molecule has 5 atom stereocenters. The summed E-state index contributed by atoms with van der Waals surface area (Å²) in [5, 5.41) is 20.4. The molecule has 0 saturated carbocycles. The first-order valence-electron chi connectivity index (χ1n) is 29.3. The Bertz CT molecular complexity index is 1370. The van der Waals surface area contributed by atoms with E-state index in [0.717, 1.165) is 64.2 Å². The van der Waals surface area contributed by atoms with E-state index in [0.29, 0.717) is 19.3 Å². The third-order valence-corrected chi connectivity index (χ3v) is 14.7. The van der Waals surface area contributed by atoms with Gasteiger partial charge in [0.2, 0.25) is 0 Å². The third-order valence-electron chi connectivity index (χ3n) is 12.8. The maximum Gasteiger partial charge on any atom is 0.472 e. The highest BCUT2D eigenvalue weighted by molar-refractivity contribution is 7.47. The van der Waals surface area contributed by atoms with Crippen LogP contribution in [0.25, 0.3) is 0 Å². The number of aliphatic hydroxyl groups is 2. The van der Waals surface area contributed by atoms with Gasteiger partial charge in [0.05, 0.1) is 26.4 Å². The molecule has 5 unspecified atom stereocenters. The van der Waals surface area contributed by atoms with Crippen molar-refractivity contribution in [3.63, 3.8) is 0 Å². The molecule has 0 aromatic rings. The standard InChI is InChI=1S/C55H108O16P2/c1-4-7-10-13-16-19-22-24-27-29-32-35-38-41-53(58)65-44-50(56)45-67-72(61,62)68-46-51(57)47-69-73(63,64)70-49-52(71-55(60)43-40-37-34-31-26-21-18-15-12-9-6-3)48-66-54(59)42-39-36-33-30-28-25-23-20-17-14-11-8-5-2/h50-52,56-57H,4-49H2,1-3H3,(H,61,62)(H,63,64). The van der Waals surface area contributed by atoms with E-state index in [4.69, 9.17) is 32.3 Å². The Balaban J connectivity index is 4.64. The van der Waals surface area contributed by atoms with E-state index in [1.54, 1.807) is 0 Å². The number of ether oxygens (including phenoxy) is 3. The zero-order valence-corrected chi connectivity index (χ0v) is 48.1. The van der Waals surface area contributed by atoms with Crippen LogP contribution in [0.5, 0.6) is 0 Å². The molecule has 0 spiro atoms. The fourth-order valence-corrected chi connectivity index (χ4v) is 9.86. The van der Waals surface area contributed by atoms with Crippen LogP contribution in [0.3, 0.4) is 0 Å². The molecule has 0 aromatic heterocycles. The number of phosphoric ester groups is 2. The van der Waals surface area contributed by atoms with Crippen LogP contribution in [0.2, 0.25) is 0 Å². The molecule has 0 aliphatic carbocycles. The fraction of sp³-hybridized carbons (Fsp3) is 0.945. The molecule has 0 rings (SSSR count). The Kier molecular flexibility index (Phi) is 50.3. The summed E-state index contributed by atoms with van der Waals surface area (Å²) in [5.74, 6) is -1.55. The van der Waals surface area contributed by atoms with E-state index in [9.17, 15) is 43.5 Å². The Labute approximate surface area is 443 Å². The average Bonchev–Trinajstić information content (AvgIpc) is 3.36. The number of unbranched alkanes of at least 4 members (excludes halogenated alkanes) is 34. The second-order valence-corrected chi connectivity index (χ2v) is 23.1. The highest BCUT2D eigenvalue weighted by Crippen LogP contribution is 2.45. The SMILES string of the molecule is CCCCCCCCCCCCCCCC(=O)OCC(O)COP(=O)(O)OCC(O)COP(=O)(O)OCC(COC(=O)CCCCCCCCCCCCCCC)OC(=O)CCCCCCCCCCCCC. The number of esters is 3. The van der Waals surface area contributed by atoms with Gasteiger partial charge >= 0.3 is 33.6 Å².